The Hall–Kier alpha value is -3.67. The van der Waals surface area contributed by atoms with Gasteiger partial charge in [0.05, 0.1) is 24.1 Å². The lowest BCUT2D eigenvalue weighted by atomic mass is 10.2. The first-order valence-electron chi connectivity index (χ1n) is 9.11. The fourth-order valence-electron chi connectivity index (χ4n) is 3.05. The normalized spacial score (nSPS) is 10.7. The highest BCUT2D eigenvalue weighted by atomic mass is 16.5. The smallest absolute Gasteiger partial charge is 0.251 e. The molecule has 1 amide bonds. The molecule has 0 unspecified atom stereocenters. The Kier molecular flexibility index (Phi) is 5.29. The van der Waals surface area contributed by atoms with E-state index in [1.165, 1.54) is 0 Å². The van der Waals surface area contributed by atoms with Gasteiger partial charge in [-0.2, -0.15) is 0 Å². The molecule has 0 radical (unpaired) electrons. The van der Waals surface area contributed by atoms with Gasteiger partial charge in [-0.3, -0.25) is 9.78 Å². The number of hydrogen-bond acceptors (Lipinski definition) is 4. The minimum Gasteiger partial charge on any atom is -0.492 e. The summed E-state index contributed by atoms with van der Waals surface area (Å²) in [6.45, 7) is 1.48. The van der Waals surface area contributed by atoms with Crippen LogP contribution in [0.15, 0.2) is 79.1 Å². The molecule has 0 aliphatic carbocycles. The van der Waals surface area contributed by atoms with Gasteiger partial charge < -0.3 is 14.6 Å². The third kappa shape index (κ3) is 4.01. The van der Waals surface area contributed by atoms with Crippen molar-refractivity contribution in [2.24, 2.45) is 0 Å². The van der Waals surface area contributed by atoms with Crippen LogP contribution in [0.25, 0.3) is 11.0 Å². The topological polar surface area (TPSA) is 69.0 Å². The van der Waals surface area contributed by atoms with Crippen molar-refractivity contribution >= 4 is 16.9 Å². The molecule has 0 spiro atoms. The number of carbonyl (C=O) groups is 1. The number of carbonyl (C=O) groups excluding carboxylic acids is 1. The van der Waals surface area contributed by atoms with Crippen molar-refractivity contribution in [1.29, 1.82) is 0 Å². The predicted octanol–water partition coefficient (Wildman–Crippen LogP) is 3.44. The molecule has 4 aromatic rings. The summed E-state index contributed by atoms with van der Waals surface area (Å²) >= 11 is 0. The van der Waals surface area contributed by atoms with Gasteiger partial charge in [-0.25, -0.2) is 4.98 Å². The van der Waals surface area contributed by atoms with Crippen LogP contribution in [-0.4, -0.2) is 27.0 Å². The number of amides is 1. The van der Waals surface area contributed by atoms with Crippen molar-refractivity contribution in [3.8, 4) is 5.75 Å². The van der Waals surface area contributed by atoms with E-state index in [4.69, 9.17) is 4.74 Å². The summed E-state index contributed by atoms with van der Waals surface area (Å²) in [5.41, 5.74) is 2.49. The van der Waals surface area contributed by atoms with Crippen molar-refractivity contribution in [2.45, 2.75) is 13.1 Å². The van der Waals surface area contributed by atoms with Gasteiger partial charge in [-0.1, -0.05) is 30.3 Å². The molecule has 0 atom stereocenters. The molecule has 6 heteroatoms. The maximum atomic E-state index is 12.3. The minimum atomic E-state index is -0.151. The molecule has 0 bridgehead atoms. The largest absolute Gasteiger partial charge is 0.492 e. The SMILES string of the molecule is O=C(NCc1nc2ccccc2n1CCOc1ccccc1)c1ccncc1. The molecular formula is C22H20N4O2. The molecule has 2 heterocycles. The highest BCUT2D eigenvalue weighted by molar-refractivity contribution is 5.93. The second-order valence-corrected chi connectivity index (χ2v) is 6.25. The minimum absolute atomic E-state index is 0.151. The van der Waals surface area contributed by atoms with Crippen LogP contribution in [0.2, 0.25) is 0 Å². The van der Waals surface area contributed by atoms with E-state index in [0.717, 1.165) is 22.6 Å². The summed E-state index contributed by atoms with van der Waals surface area (Å²) < 4.78 is 7.92. The zero-order chi connectivity index (χ0) is 19.2. The highest BCUT2D eigenvalue weighted by Crippen LogP contribution is 2.17. The predicted molar refractivity (Wildman–Crippen MR) is 107 cm³/mol. The summed E-state index contributed by atoms with van der Waals surface area (Å²) in [5.74, 6) is 1.47. The van der Waals surface area contributed by atoms with Crippen molar-refractivity contribution in [2.75, 3.05) is 6.61 Å². The molecule has 0 saturated carbocycles. The molecule has 28 heavy (non-hydrogen) atoms. The Morgan fingerprint density at radius 3 is 2.54 bits per heavy atom. The number of para-hydroxylation sites is 3. The lowest BCUT2D eigenvalue weighted by Crippen LogP contribution is -2.25. The molecule has 0 fully saturated rings. The lowest BCUT2D eigenvalue weighted by molar-refractivity contribution is 0.0949. The Balaban J connectivity index is 1.49. The first kappa shape index (κ1) is 17.7. The van der Waals surface area contributed by atoms with E-state index in [1.807, 2.05) is 54.6 Å². The standard InChI is InChI=1S/C22H20N4O2/c27-22(17-10-12-23-13-11-17)24-16-21-25-19-8-4-5-9-20(19)26(21)14-15-28-18-6-2-1-3-7-18/h1-13H,14-16H2,(H,24,27). The van der Waals surface area contributed by atoms with Crippen LogP contribution in [0.4, 0.5) is 0 Å². The second kappa shape index (κ2) is 8.35. The third-order valence-corrected chi connectivity index (χ3v) is 4.41. The fourth-order valence-corrected chi connectivity index (χ4v) is 3.05. The molecule has 4 rings (SSSR count). The van der Waals surface area contributed by atoms with Gasteiger partial charge in [0.15, 0.2) is 0 Å². The van der Waals surface area contributed by atoms with E-state index in [0.29, 0.717) is 25.3 Å². The Bertz CT molecular complexity index is 1060. The molecular weight excluding hydrogens is 352 g/mol. The number of nitrogens with one attached hydrogen (secondary N) is 1. The van der Waals surface area contributed by atoms with Crippen molar-refractivity contribution in [1.82, 2.24) is 19.9 Å². The van der Waals surface area contributed by atoms with Crippen LogP contribution in [0.1, 0.15) is 16.2 Å². The molecule has 2 aromatic carbocycles. The second-order valence-electron chi connectivity index (χ2n) is 6.25. The number of pyridine rings is 1. The summed E-state index contributed by atoms with van der Waals surface area (Å²) in [4.78, 5) is 21.0. The van der Waals surface area contributed by atoms with Crippen LogP contribution < -0.4 is 10.1 Å². The molecule has 0 aliphatic heterocycles. The lowest BCUT2D eigenvalue weighted by Gasteiger charge is -2.11. The number of benzene rings is 2. The van der Waals surface area contributed by atoms with Gasteiger partial charge in [-0.15, -0.1) is 0 Å². The molecule has 1 N–H and O–H groups in total. The maximum Gasteiger partial charge on any atom is 0.251 e. The van der Waals surface area contributed by atoms with E-state index in [9.17, 15) is 4.79 Å². The number of ether oxygens (including phenoxy) is 1. The molecule has 140 valence electrons. The quantitative estimate of drug-likeness (QED) is 0.540. The van der Waals surface area contributed by atoms with Gasteiger partial charge in [0.25, 0.3) is 5.91 Å². The van der Waals surface area contributed by atoms with Crippen LogP contribution in [0, 0.1) is 0 Å². The van der Waals surface area contributed by atoms with Crippen LogP contribution in [-0.2, 0) is 13.1 Å². The van der Waals surface area contributed by atoms with Gasteiger partial charge in [0, 0.05) is 18.0 Å². The Morgan fingerprint density at radius 1 is 0.964 bits per heavy atom. The Labute approximate surface area is 162 Å². The number of hydrogen-bond donors (Lipinski definition) is 1. The maximum absolute atomic E-state index is 12.3. The van der Waals surface area contributed by atoms with Crippen molar-refractivity contribution in [3.63, 3.8) is 0 Å². The van der Waals surface area contributed by atoms with Crippen molar-refractivity contribution < 1.29 is 9.53 Å². The number of fused-ring (bicyclic) bond motifs is 1. The van der Waals surface area contributed by atoms with E-state index < -0.39 is 0 Å². The summed E-state index contributed by atoms with van der Waals surface area (Å²) in [7, 11) is 0. The van der Waals surface area contributed by atoms with Crippen molar-refractivity contribution in [3.05, 3.63) is 90.5 Å². The number of nitrogens with zero attached hydrogens (tertiary/aromatic N) is 3. The zero-order valence-electron chi connectivity index (χ0n) is 15.3. The van der Waals surface area contributed by atoms with Crippen LogP contribution in [0.3, 0.4) is 0 Å². The number of imidazole rings is 1. The van der Waals surface area contributed by atoms with E-state index in [2.05, 4.69) is 19.9 Å². The van der Waals surface area contributed by atoms with Gasteiger partial charge in [0.1, 0.15) is 18.2 Å². The van der Waals surface area contributed by atoms with E-state index in [1.54, 1.807) is 24.5 Å². The first-order chi connectivity index (χ1) is 13.8. The fraction of sp³-hybridized carbons (Fsp3) is 0.136. The molecule has 0 saturated heterocycles. The molecule has 2 aromatic heterocycles. The van der Waals surface area contributed by atoms with E-state index in [-0.39, 0.29) is 5.91 Å². The Morgan fingerprint density at radius 2 is 1.71 bits per heavy atom. The van der Waals surface area contributed by atoms with Gasteiger partial charge >= 0.3 is 0 Å². The molecule has 0 aliphatic rings. The monoisotopic (exact) mass is 372 g/mol. The molecule has 6 nitrogen and oxygen atoms in total. The van der Waals surface area contributed by atoms with Crippen LogP contribution >= 0.6 is 0 Å². The summed E-state index contributed by atoms with van der Waals surface area (Å²) in [6.07, 6.45) is 3.20. The first-order valence-corrected chi connectivity index (χ1v) is 9.11. The summed E-state index contributed by atoms with van der Waals surface area (Å²) in [5, 5.41) is 2.93. The average molecular weight is 372 g/mol. The van der Waals surface area contributed by atoms with Gasteiger partial charge in [0.2, 0.25) is 0 Å². The van der Waals surface area contributed by atoms with Crippen LogP contribution in [0.5, 0.6) is 5.75 Å². The summed E-state index contributed by atoms with van der Waals surface area (Å²) in [6, 6.07) is 21.0. The van der Waals surface area contributed by atoms with E-state index >= 15 is 0 Å². The average Bonchev–Trinajstić information content (AvgIpc) is 3.11. The number of aromatic nitrogens is 3. The zero-order valence-corrected chi connectivity index (χ0v) is 15.3. The highest BCUT2D eigenvalue weighted by Gasteiger charge is 2.12. The van der Waals surface area contributed by atoms with Gasteiger partial charge in [-0.05, 0) is 36.4 Å². The third-order valence-electron chi connectivity index (χ3n) is 4.41. The number of rotatable bonds is 7.